The Labute approximate surface area is 176 Å². The van der Waals surface area contributed by atoms with E-state index < -0.39 is 6.04 Å². The molecule has 0 saturated carbocycles. The van der Waals surface area contributed by atoms with Crippen molar-refractivity contribution in [3.63, 3.8) is 0 Å². The molecule has 0 spiro atoms. The third kappa shape index (κ3) is 3.73. The minimum Gasteiger partial charge on any atom is -0.454 e. The molecule has 1 aliphatic heterocycles. The van der Waals surface area contributed by atoms with Crippen molar-refractivity contribution < 1.29 is 14.3 Å². The van der Waals surface area contributed by atoms with E-state index >= 15 is 0 Å². The molecule has 0 bridgehead atoms. The molecule has 0 aliphatic carbocycles. The van der Waals surface area contributed by atoms with E-state index in [0.29, 0.717) is 22.8 Å². The summed E-state index contributed by atoms with van der Waals surface area (Å²) in [6, 6.07) is 11.9. The molecule has 1 aliphatic rings. The number of nitrogens with zero attached hydrogens (tertiary/aromatic N) is 3. The number of carbonyl (C=O) groups is 1. The van der Waals surface area contributed by atoms with Crippen LogP contribution in [-0.2, 0) is 11.2 Å². The summed E-state index contributed by atoms with van der Waals surface area (Å²) >= 11 is 0. The molecule has 0 radical (unpaired) electrons. The van der Waals surface area contributed by atoms with Crippen LogP contribution in [0.5, 0.6) is 11.5 Å². The number of fused-ring (bicyclic) bond motifs is 2. The van der Waals surface area contributed by atoms with Crippen molar-refractivity contribution in [3.05, 3.63) is 76.5 Å². The van der Waals surface area contributed by atoms with Crippen molar-refractivity contribution in [2.24, 2.45) is 0 Å². The fourth-order valence-electron chi connectivity index (χ4n) is 3.50. The number of hydrogen-bond acceptors (Lipinski definition) is 6. The third-order valence-corrected chi connectivity index (χ3v) is 5.07. The van der Waals surface area contributed by atoms with Crippen LogP contribution in [0.15, 0.2) is 59.7 Å². The smallest absolute Gasteiger partial charge is 0.272 e. The van der Waals surface area contributed by atoms with Gasteiger partial charge in [0.15, 0.2) is 17.1 Å². The SMILES string of the molecule is C[C@@H](NC(=O)Cc1ccc2c(c1)OCO2)c1cc(=O)n2[nH]c(-c3cccnc3)cc2n1. The van der Waals surface area contributed by atoms with E-state index in [4.69, 9.17) is 9.47 Å². The van der Waals surface area contributed by atoms with Gasteiger partial charge in [-0.25, -0.2) is 9.50 Å². The van der Waals surface area contributed by atoms with E-state index in [9.17, 15) is 9.59 Å². The molecule has 0 saturated heterocycles. The van der Waals surface area contributed by atoms with E-state index in [0.717, 1.165) is 16.8 Å². The lowest BCUT2D eigenvalue weighted by Crippen LogP contribution is -2.30. The Morgan fingerprint density at radius 1 is 1.23 bits per heavy atom. The van der Waals surface area contributed by atoms with Gasteiger partial charge in [0.25, 0.3) is 5.56 Å². The highest BCUT2D eigenvalue weighted by molar-refractivity contribution is 5.79. The Morgan fingerprint density at radius 2 is 2.10 bits per heavy atom. The van der Waals surface area contributed by atoms with Gasteiger partial charge in [-0.2, -0.15) is 0 Å². The summed E-state index contributed by atoms with van der Waals surface area (Å²) < 4.78 is 12.0. The number of carbonyl (C=O) groups excluding carboxylic acids is 1. The number of rotatable bonds is 5. The van der Waals surface area contributed by atoms with Crippen LogP contribution in [0.4, 0.5) is 0 Å². The van der Waals surface area contributed by atoms with Crippen molar-refractivity contribution in [2.45, 2.75) is 19.4 Å². The van der Waals surface area contributed by atoms with Crippen LogP contribution < -0.4 is 20.3 Å². The first-order chi connectivity index (χ1) is 15.1. The lowest BCUT2D eigenvalue weighted by atomic mass is 10.1. The molecular weight excluding hydrogens is 398 g/mol. The maximum Gasteiger partial charge on any atom is 0.272 e. The zero-order valence-electron chi connectivity index (χ0n) is 16.7. The average molecular weight is 417 g/mol. The van der Waals surface area contributed by atoms with Gasteiger partial charge < -0.3 is 14.8 Å². The predicted molar refractivity (Wildman–Crippen MR) is 112 cm³/mol. The molecule has 4 heterocycles. The number of H-pyrrole nitrogens is 1. The maximum absolute atomic E-state index is 12.6. The molecule has 156 valence electrons. The Morgan fingerprint density at radius 3 is 2.94 bits per heavy atom. The second-order valence-electron chi connectivity index (χ2n) is 7.28. The van der Waals surface area contributed by atoms with E-state index in [1.165, 1.54) is 10.6 Å². The van der Waals surface area contributed by atoms with Crippen LogP contribution in [0, 0.1) is 0 Å². The van der Waals surface area contributed by atoms with Crippen LogP contribution in [-0.4, -0.2) is 32.3 Å². The highest BCUT2D eigenvalue weighted by Gasteiger charge is 2.17. The van der Waals surface area contributed by atoms with Gasteiger partial charge >= 0.3 is 0 Å². The number of ether oxygens (including phenoxy) is 2. The summed E-state index contributed by atoms with van der Waals surface area (Å²) in [5.41, 5.74) is 3.09. The quantitative estimate of drug-likeness (QED) is 0.515. The Kier molecular flexibility index (Phi) is 4.62. The van der Waals surface area contributed by atoms with Gasteiger partial charge in [-0.15, -0.1) is 0 Å². The summed E-state index contributed by atoms with van der Waals surface area (Å²) in [5.74, 6) is 1.13. The van der Waals surface area contributed by atoms with Gasteiger partial charge in [0.1, 0.15) is 0 Å². The molecule has 0 fully saturated rings. The monoisotopic (exact) mass is 417 g/mol. The van der Waals surface area contributed by atoms with Crippen molar-refractivity contribution >= 4 is 11.6 Å². The maximum atomic E-state index is 12.6. The van der Waals surface area contributed by atoms with E-state index in [1.54, 1.807) is 37.5 Å². The number of benzene rings is 1. The van der Waals surface area contributed by atoms with E-state index in [2.05, 4.69) is 20.4 Å². The predicted octanol–water partition coefficient (Wildman–Crippen LogP) is 2.23. The number of hydrogen-bond donors (Lipinski definition) is 2. The first kappa shape index (κ1) is 18.9. The molecule has 31 heavy (non-hydrogen) atoms. The first-order valence-electron chi connectivity index (χ1n) is 9.78. The van der Waals surface area contributed by atoms with Gasteiger partial charge in [0.2, 0.25) is 12.7 Å². The van der Waals surface area contributed by atoms with E-state index in [1.807, 2.05) is 18.2 Å². The number of nitrogens with one attached hydrogen (secondary N) is 2. The topological polar surface area (TPSA) is 111 Å². The van der Waals surface area contributed by atoms with Crippen LogP contribution in [0.1, 0.15) is 24.2 Å². The van der Waals surface area contributed by atoms with Gasteiger partial charge in [-0.3, -0.25) is 19.7 Å². The summed E-state index contributed by atoms with van der Waals surface area (Å²) in [6.45, 7) is 1.98. The zero-order valence-corrected chi connectivity index (χ0v) is 16.7. The normalized spacial score (nSPS) is 13.3. The summed E-state index contributed by atoms with van der Waals surface area (Å²) in [6.07, 6.45) is 3.57. The molecule has 1 amide bonds. The minimum absolute atomic E-state index is 0.178. The summed E-state index contributed by atoms with van der Waals surface area (Å²) in [4.78, 5) is 33.7. The van der Waals surface area contributed by atoms with Gasteiger partial charge in [-0.1, -0.05) is 6.07 Å². The summed E-state index contributed by atoms with van der Waals surface area (Å²) in [5, 5.41) is 5.93. The second kappa shape index (κ2) is 7.60. The standard InChI is InChI=1S/C22H19N5O4/c1-13(24-21(28)8-14-4-5-18-19(7-14)31-12-30-18)16-10-22(29)27-20(25-16)9-17(26-27)15-3-2-6-23-11-15/h2-7,9-11,13,26H,8,12H2,1H3,(H,24,28)/t13-/m1/s1. The number of pyridine rings is 1. The fourth-order valence-corrected chi connectivity index (χ4v) is 3.50. The Balaban J connectivity index is 1.34. The van der Waals surface area contributed by atoms with Crippen LogP contribution in [0.25, 0.3) is 16.9 Å². The second-order valence-corrected chi connectivity index (χ2v) is 7.28. The van der Waals surface area contributed by atoms with Gasteiger partial charge in [-0.05, 0) is 36.8 Å². The molecule has 2 N–H and O–H groups in total. The third-order valence-electron chi connectivity index (χ3n) is 5.07. The molecule has 9 nitrogen and oxygen atoms in total. The molecule has 5 rings (SSSR count). The van der Waals surface area contributed by atoms with E-state index in [-0.39, 0.29) is 24.7 Å². The molecule has 3 aromatic heterocycles. The van der Waals surface area contributed by atoms with Crippen molar-refractivity contribution in [1.29, 1.82) is 0 Å². The van der Waals surface area contributed by atoms with Crippen LogP contribution >= 0.6 is 0 Å². The molecule has 9 heteroatoms. The Bertz CT molecular complexity index is 1330. The summed E-state index contributed by atoms with van der Waals surface area (Å²) in [7, 11) is 0. The van der Waals surface area contributed by atoms with Crippen LogP contribution in [0.3, 0.4) is 0 Å². The lowest BCUT2D eigenvalue weighted by molar-refractivity contribution is -0.121. The molecule has 1 atom stereocenters. The molecular formula is C22H19N5O4. The van der Waals surface area contributed by atoms with Crippen molar-refractivity contribution in [2.75, 3.05) is 6.79 Å². The largest absolute Gasteiger partial charge is 0.454 e. The highest BCUT2D eigenvalue weighted by Crippen LogP contribution is 2.32. The highest BCUT2D eigenvalue weighted by atomic mass is 16.7. The number of aromatic amines is 1. The lowest BCUT2D eigenvalue weighted by Gasteiger charge is -2.13. The zero-order chi connectivity index (χ0) is 21.4. The van der Waals surface area contributed by atoms with Gasteiger partial charge in [0.05, 0.1) is 23.9 Å². The number of aromatic nitrogens is 4. The Hall–Kier alpha value is -4.14. The number of amides is 1. The minimum atomic E-state index is -0.434. The average Bonchev–Trinajstić information content (AvgIpc) is 3.41. The van der Waals surface area contributed by atoms with Crippen molar-refractivity contribution in [3.8, 4) is 22.8 Å². The van der Waals surface area contributed by atoms with Crippen LogP contribution in [0.2, 0.25) is 0 Å². The fraction of sp³-hybridized carbons (Fsp3) is 0.182. The molecule has 4 aromatic rings. The van der Waals surface area contributed by atoms with Crippen molar-refractivity contribution in [1.82, 2.24) is 24.9 Å². The molecule has 0 unspecified atom stereocenters. The molecule has 1 aromatic carbocycles. The first-order valence-corrected chi connectivity index (χ1v) is 9.78. The van der Waals surface area contributed by atoms with Gasteiger partial charge in [0, 0.05) is 30.1 Å².